The van der Waals surface area contributed by atoms with Crippen molar-refractivity contribution in [3.05, 3.63) is 28.8 Å². The minimum absolute atomic E-state index is 0.158. The third kappa shape index (κ3) is 2.92. The van der Waals surface area contributed by atoms with Crippen LogP contribution in [0.25, 0.3) is 0 Å². The number of rotatable bonds is 2. The van der Waals surface area contributed by atoms with Gasteiger partial charge in [0.15, 0.2) is 0 Å². The van der Waals surface area contributed by atoms with E-state index in [1.165, 1.54) is 22.5 Å². The monoisotopic (exact) mass is 298 g/mol. The Morgan fingerprint density at radius 1 is 1.37 bits per heavy atom. The predicted molar refractivity (Wildman–Crippen MR) is 73.3 cm³/mol. The molecule has 4 nitrogen and oxygen atoms in total. The van der Waals surface area contributed by atoms with Crippen molar-refractivity contribution in [1.29, 1.82) is 5.26 Å². The maximum atomic E-state index is 12.4. The molecule has 0 spiro atoms. The highest BCUT2D eigenvalue weighted by Gasteiger charge is 2.28. The first-order valence-electron chi connectivity index (χ1n) is 6.15. The summed E-state index contributed by atoms with van der Waals surface area (Å²) in [5.41, 5.74) is 0.285. The van der Waals surface area contributed by atoms with E-state index >= 15 is 0 Å². The van der Waals surface area contributed by atoms with E-state index in [0.29, 0.717) is 19.0 Å². The number of sulfonamides is 1. The maximum Gasteiger partial charge on any atom is 0.243 e. The Hall–Kier alpha value is -1.09. The number of hydrogen-bond acceptors (Lipinski definition) is 3. The zero-order chi connectivity index (χ0) is 14.0. The number of piperidine rings is 1. The Bertz CT molecular complexity index is 614. The van der Waals surface area contributed by atoms with Crippen LogP contribution in [0, 0.1) is 17.2 Å². The lowest BCUT2D eigenvalue weighted by atomic mass is 10.0. The Labute approximate surface area is 118 Å². The molecule has 0 saturated carbocycles. The summed E-state index contributed by atoms with van der Waals surface area (Å²) in [6.45, 7) is 3.21. The van der Waals surface area contributed by atoms with Crippen LogP contribution in [0.15, 0.2) is 23.1 Å². The minimum atomic E-state index is -3.49. The second-order valence-corrected chi connectivity index (χ2v) is 7.19. The molecular weight excluding hydrogens is 284 g/mol. The number of benzene rings is 1. The van der Waals surface area contributed by atoms with Gasteiger partial charge in [0.2, 0.25) is 10.0 Å². The van der Waals surface area contributed by atoms with Gasteiger partial charge in [0.05, 0.1) is 15.5 Å². The van der Waals surface area contributed by atoms with E-state index in [0.717, 1.165) is 12.8 Å². The molecule has 1 heterocycles. The molecule has 0 bridgehead atoms. The summed E-state index contributed by atoms with van der Waals surface area (Å²) in [4.78, 5) is 0.158. The van der Waals surface area contributed by atoms with Crippen molar-refractivity contribution in [1.82, 2.24) is 4.31 Å². The summed E-state index contributed by atoms with van der Waals surface area (Å²) >= 11 is 5.89. The number of halogens is 1. The summed E-state index contributed by atoms with van der Waals surface area (Å²) in [6.07, 6.45) is 1.76. The van der Waals surface area contributed by atoms with Gasteiger partial charge < -0.3 is 0 Å². The zero-order valence-electron chi connectivity index (χ0n) is 10.6. The van der Waals surface area contributed by atoms with E-state index in [1.54, 1.807) is 0 Å². The molecular formula is C13H15ClN2O2S. The molecule has 1 aliphatic rings. The molecule has 0 atom stereocenters. The molecule has 0 aromatic heterocycles. The van der Waals surface area contributed by atoms with Crippen molar-refractivity contribution < 1.29 is 8.42 Å². The van der Waals surface area contributed by atoms with Crippen LogP contribution < -0.4 is 0 Å². The molecule has 0 N–H and O–H groups in total. The van der Waals surface area contributed by atoms with Crippen LogP contribution in [0.5, 0.6) is 0 Å². The predicted octanol–water partition coefficient (Wildman–Crippen LogP) is 2.63. The average Bonchev–Trinajstić information content (AvgIpc) is 2.39. The molecule has 102 valence electrons. The summed E-state index contributed by atoms with van der Waals surface area (Å²) in [5.74, 6) is 0.566. The molecule has 6 heteroatoms. The van der Waals surface area contributed by atoms with Gasteiger partial charge in [-0.05, 0) is 37.0 Å². The smallest absolute Gasteiger partial charge is 0.207 e. The van der Waals surface area contributed by atoms with E-state index < -0.39 is 10.0 Å². The van der Waals surface area contributed by atoms with E-state index in [2.05, 4.69) is 6.92 Å². The third-order valence-corrected chi connectivity index (χ3v) is 5.65. The minimum Gasteiger partial charge on any atom is -0.207 e. The van der Waals surface area contributed by atoms with Crippen molar-refractivity contribution in [2.45, 2.75) is 24.7 Å². The molecule has 0 amide bonds. The lowest BCUT2D eigenvalue weighted by Crippen LogP contribution is -2.37. The van der Waals surface area contributed by atoms with Crippen molar-refractivity contribution in [3.63, 3.8) is 0 Å². The highest BCUT2D eigenvalue weighted by atomic mass is 35.5. The first kappa shape index (κ1) is 14.3. The normalized spacial score (nSPS) is 18.2. The van der Waals surface area contributed by atoms with Gasteiger partial charge in [0.25, 0.3) is 0 Å². The van der Waals surface area contributed by atoms with Crippen molar-refractivity contribution in [2.24, 2.45) is 5.92 Å². The second-order valence-electron chi connectivity index (χ2n) is 4.84. The van der Waals surface area contributed by atoms with Gasteiger partial charge >= 0.3 is 0 Å². The molecule has 19 heavy (non-hydrogen) atoms. The average molecular weight is 299 g/mol. The van der Waals surface area contributed by atoms with E-state index in [4.69, 9.17) is 16.9 Å². The van der Waals surface area contributed by atoms with Crippen molar-refractivity contribution >= 4 is 21.6 Å². The number of nitriles is 1. The molecule has 1 fully saturated rings. The molecule has 1 aromatic carbocycles. The van der Waals surface area contributed by atoms with Crippen molar-refractivity contribution in [2.75, 3.05) is 13.1 Å². The van der Waals surface area contributed by atoms with Crippen LogP contribution in [0.1, 0.15) is 25.3 Å². The van der Waals surface area contributed by atoms with Crippen LogP contribution in [0.4, 0.5) is 0 Å². The summed E-state index contributed by atoms with van der Waals surface area (Å²) < 4.78 is 26.4. The molecule has 0 unspecified atom stereocenters. The highest BCUT2D eigenvalue weighted by Crippen LogP contribution is 2.26. The fraction of sp³-hybridized carbons (Fsp3) is 0.462. The Morgan fingerprint density at radius 2 is 2.00 bits per heavy atom. The molecule has 1 aromatic rings. The van der Waals surface area contributed by atoms with Gasteiger partial charge in [-0.25, -0.2) is 8.42 Å². The Kier molecular flexibility index (Phi) is 4.14. The summed E-state index contributed by atoms with van der Waals surface area (Å²) in [6, 6.07) is 6.16. The van der Waals surface area contributed by atoms with E-state index in [-0.39, 0.29) is 15.5 Å². The van der Waals surface area contributed by atoms with Crippen LogP contribution in [0.3, 0.4) is 0 Å². The summed E-state index contributed by atoms with van der Waals surface area (Å²) in [5, 5.41) is 8.97. The molecule has 1 aliphatic heterocycles. The fourth-order valence-electron chi connectivity index (χ4n) is 2.12. The highest BCUT2D eigenvalue weighted by molar-refractivity contribution is 7.89. The quantitative estimate of drug-likeness (QED) is 0.843. The maximum absolute atomic E-state index is 12.4. The van der Waals surface area contributed by atoms with Gasteiger partial charge in [-0.15, -0.1) is 0 Å². The van der Waals surface area contributed by atoms with Crippen LogP contribution in [-0.4, -0.2) is 25.8 Å². The van der Waals surface area contributed by atoms with Crippen LogP contribution in [-0.2, 0) is 10.0 Å². The summed E-state index contributed by atoms with van der Waals surface area (Å²) in [7, 11) is -3.49. The van der Waals surface area contributed by atoms with Gasteiger partial charge in [0, 0.05) is 13.1 Å². The van der Waals surface area contributed by atoms with Gasteiger partial charge in [0.1, 0.15) is 6.07 Å². The molecule has 1 saturated heterocycles. The van der Waals surface area contributed by atoms with Gasteiger partial charge in [-0.1, -0.05) is 18.5 Å². The SMILES string of the molecule is CC1CCN(S(=O)(=O)c2ccc(C#N)c(Cl)c2)CC1. The van der Waals surface area contributed by atoms with Crippen LogP contribution in [0.2, 0.25) is 5.02 Å². The van der Waals surface area contributed by atoms with Gasteiger partial charge in [-0.2, -0.15) is 9.57 Å². The first-order chi connectivity index (χ1) is 8.95. The van der Waals surface area contributed by atoms with Gasteiger partial charge in [-0.3, -0.25) is 0 Å². The zero-order valence-corrected chi connectivity index (χ0v) is 12.2. The topological polar surface area (TPSA) is 61.2 Å². The first-order valence-corrected chi connectivity index (χ1v) is 7.96. The Morgan fingerprint density at radius 3 is 2.53 bits per heavy atom. The number of nitrogens with zero attached hydrogens (tertiary/aromatic N) is 2. The largest absolute Gasteiger partial charge is 0.243 e. The lowest BCUT2D eigenvalue weighted by Gasteiger charge is -2.29. The molecule has 0 aliphatic carbocycles. The van der Waals surface area contributed by atoms with Crippen molar-refractivity contribution in [3.8, 4) is 6.07 Å². The second kappa shape index (κ2) is 5.49. The molecule has 0 radical (unpaired) electrons. The van der Waals surface area contributed by atoms with E-state index in [1.807, 2.05) is 6.07 Å². The molecule has 2 rings (SSSR count). The Balaban J connectivity index is 2.30. The van der Waals surface area contributed by atoms with E-state index in [9.17, 15) is 8.42 Å². The fourth-order valence-corrected chi connectivity index (χ4v) is 3.91. The lowest BCUT2D eigenvalue weighted by molar-refractivity contribution is 0.288. The standard InChI is InChI=1S/C13H15ClN2O2S/c1-10-4-6-16(7-5-10)19(17,18)12-3-2-11(9-15)13(14)8-12/h2-3,8,10H,4-7H2,1H3. The van der Waals surface area contributed by atoms with Crippen LogP contribution >= 0.6 is 11.6 Å². The number of hydrogen-bond donors (Lipinski definition) is 0. The third-order valence-electron chi connectivity index (χ3n) is 3.44.